The number of nitrogen functional groups attached to an aromatic ring is 1. The third-order valence-electron chi connectivity index (χ3n) is 1.79. The maximum absolute atomic E-state index is 11.1. The maximum Gasteiger partial charge on any atom is 0.225 e. The highest BCUT2D eigenvalue weighted by Crippen LogP contribution is 2.22. The Hall–Kier alpha value is -1.78. The van der Waals surface area contributed by atoms with Crippen molar-refractivity contribution in [3.05, 3.63) is 12.3 Å². The maximum atomic E-state index is 11.1. The van der Waals surface area contributed by atoms with Crippen LogP contribution in [0.3, 0.4) is 0 Å². The first-order valence-electron chi connectivity index (χ1n) is 4.85. The Kier molecular flexibility index (Phi) is 3.91. The number of carbonyl (C=O) groups excluding carboxylic acids is 1. The summed E-state index contributed by atoms with van der Waals surface area (Å²) in [5.74, 6) is 0.890. The van der Waals surface area contributed by atoms with Crippen LogP contribution in [0.25, 0.3) is 0 Å². The Balaban J connectivity index is 2.77. The van der Waals surface area contributed by atoms with E-state index in [-0.39, 0.29) is 5.91 Å². The molecule has 0 aliphatic carbocycles. The van der Waals surface area contributed by atoms with E-state index in [0.29, 0.717) is 30.3 Å². The van der Waals surface area contributed by atoms with E-state index in [2.05, 4.69) is 10.3 Å². The van der Waals surface area contributed by atoms with Gasteiger partial charge in [0, 0.05) is 12.5 Å². The van der Waals surface area contributed by atoms with Crippen LogP contribution in [0.15, 0.2) is 12.3 Å². The summed E-state index contributed by atoms with van der Waals surface area (Å²) in [7, 11) is 0. The van der Waals surface area contributed by atoms with E-state index < -0.39 is 0 Å². The quantitative estimate of drug-likeness (QED) is 0.786. The number of aromatic nitrogens is 1. The van der Waals surface area contributed by atoms with Crippen LogP contribution in [0.1, 0.15) is 20.3 Å². The molecule has 0 fully saturated rings. The normalized spacial score (nSPS) is 9.73. The lowest BCUT2D eigenvalue weighted by Gasteiger charge is -2.08. The first kappa shape index (κ1) is 11.3. The number of hydrogen-bond donors (Lipinski definition) is 2. The molecule has 5 heteroatoms. The molecule has 1 heterocycles. The van der Waals surface area contributed by atoms with Gasteiger partial charge in [-0.3, -0.25) is 4.79 Å². The molecule has 0 bridgehead atoms. The lowest BCUT2D eigenvalue weighted by Crippen LogP contribution is -2.11. The Morgan fingerprint density at radius 3 is 2.87 bits per heavy atom. The van der Waals surface area contributed by atoms with Gasteiger partial charge in [-0.2, -0.15) is 0 Å². The SMILES string of the molecule is CCOc1cnc(NC(=O)CC)cc1N. The zero-order valence-corrected chi connectivity index (χ0v) is 8.91. The Morgan fingerprint density at radius 1 is 1.60 bits per heavy atom. The molecule has 0 saturated carbocycles. The molecule has 0 atom stereocenters. The van der Waals surface area contributed by atoms with Crippen LogP contribution < -0.4 is 15.8 Å². The first-order chi connectivity index (χ1) is 7.17. The van der Waals surface area contributed by atoms with E-state index in [1.807, 2.05) is 6.92 Å². The minimum atomic E-state index is -0.0916. The molecule has 0 spiro atoms. The van der Waals surface area contributed by atoms with E-state index in [4.69, 9.17) is 10.5 Å². The molecule has 0 aliphatic rings. The topological polar surface area (TPSA) is 77.2 Å². The number of ether oxygens (including phenoxy) is 1. The van der Waals surface area contributed by atoms with E-state index in [1.165, 1.54) is 6.20 Å². The Labute approximate surface area is 88.6 Å². The van der Waals surface area contributed by atoms with Crippen LogP contribution >= 0.6 is 0 Å². The van der Waals surface area contributed by atoms with E-state index in [9.17, 15) is 4.79 Å². The zero-order valence-electron chi connectivity index (χ0n) is 8.91. The second kappa shape index (κ2) is 5.19. The number of rotatable bonds is 4. The fourth-order valence-electron chi connectivity index (χ4n) is 1.03. The lowest BCUT2D eigenvalue weighted by atomic mass is 10.3. The summed E-state index contributed by atoms with van der Waals surface area (Å²) >= 11 is 0. The van der Waals surface area contributed by atoms with Gasteiger partial charge >= 0.3 is 0 Å². The summed E-state index contributed by atoms with van der Waals surface area (Å²) in [5, 5.41) is 2.62. The van der Waals surface area contributed by atoms with Crippen LogP contribution in [0.4, 0.5) is 11.5 Å². The average molecular weight is 209 g/mol. The predicted octanol–water partition coefficient (Wildman–Crippen LogP) is 1.41. The molecular weight excluding hydrogens is 194 g/mol. The number of hydrogen-bond acceptors (Lipinski definition) is 4. The first-order valence-corrected chi connectivity index (χ1v) is 4.85. The van der Waals surface area contributed by atoms with Crippen molar-refractivity contribution in [3.63, 3.8) is 0 Å². The van der Waals surface area contributed by atoms with Crippen LogP contribution in [0, 0.1) is 0 Å². The third-order valence-corrected chi connectivity index (χ3v) is 1.79. The van der Waals surface area contributed by atoms with Gasteiger partial charge in [0.2, 0.25) is 5.91 Å². The Bertz CT molecular complexity index is 353. The van der Waals surface area contributed by atoms with Crippen LogP contribution in [-0.4, -0.2) is 17.5 Å². The standard InChI is InChI=1S/C10H15N3O2/c1-3-10(14)13-9-5-7(11)8(6-12-9)15-4-2/h5-6H,3-4H2,1-2H3,(H3,11,12,13,14). The molecule has 15 heavy (non-hydrogen) atoms. The van der Waals surface area contributed by atoms with Crippen molar-refractivity contribution in [1.29, 1.82) is 0 Å². The van der Waals surface area contributed by atoms with E-state index in [1.54, 1.807) is 13.0 Å². The molecular formula is C10H15N3O2. The van der Waals surface area contributed by atoms with Crippen LogP contribution in [-0.2, 0) is 4.79 Å². The third kappa shape index (κ3) is 3.12. The highest BCUT2D eigenvalue weighted by molar-refractivity contribution is 5.90. The molecule has 1 aromatic heterocycles. The van der Waals surface area contributed by atoms with Gasteiger partial charge in [-0.25, -0.2) is 4.98 Å². The zero-order chi connectivity index (χ0) is 11.3. The molecule has 82 valence electrons. The summed E-state index contributed by atoms with van der Waals surface area (Å²) in [5.41, 5.74) is 6.18. The number of anilines is 2. The molecule has 0 unspecified atom stereocenters. The predicted molar refractivity (Wildman–Crippen MR) is 58.7 cm³/mol. The summed E-state index contributed by atoms with van der Waals surface area (Å²) in [6.07, 6.45) is 1.92. The van der Waals surface area contributed by atoms with Crippen molar-refractivity contribution >= 4 is 17.4 Å². The average Bonchev–Trinajstić information content (AvgIpc) is 2.22. The van der Waals surface area contributed by atoms with Crippen molar-refractivity contribution in [3.8, 4) is 5.75 Å². The number of nitrogens with two attached hydrogens (primary N) is 1. The summed E-state index contributed by atoms with van der Waals surface area (Å²) in [6, 6.07) is 1.58. The smallest absolute Gasteiger partial charge is 0.225 e. The molecule has 0 aliphatic heterocycles. The summed E-state index contributed by atoms with van der Waals surface area (Å²) in [4.78, 5) is 15.1. The van der Waals surface area contributed by atoms with E-state index in [0.717, 1.165) is 0 Å². The van der Waals surface area contributed by atoms with Crippen molar-refractivity contribution in [2.24, 2.45) is 0 Å². The fraction of sp³-hybridized carbons (Fsp3) is 0.400. The van der Waals surface area contributed by atoms with Crippen LogP contribution in [0.5, 0.6) is 5.75 Å². The highest BCUT2D eigenvalue weighted by Gasteiger charge is 2.04. The van der Waals surface area contributed by atoms with Gasteiger partial charge in [0.1, 0.15) is 5.82 Å². The van der Waals surface area contributed by atoms with Gasteiger partial charge in [-0.15, -0.1) is 0 Å². The molecule has 1 rings (SSSR count). The van der Waals surface area contributed by atoms with Crippen LogP contribution in [0.2, 0.25) is 0 Å². The number of pyridine rings is 1. The number of carbonyl (C=O) groups is 1. The van der Waals surface area contributed by atoms with Crippen molar-refractivity contribution in [2.75, 3.05) is 17.7 Å². The molecule has 5 nitrogen and oxygen atoms in total. The number of nitrogens with zero attached hydrogens (tertiary/aromatic N) is 1. The Morgan fingerprint density at radius 2 is 2.33 bits per heavy atom. The second-order valence-electron chi connectivity index (χ2n) is 2.94. The monoisotopic (exact) mass is 209 g/mol. The van der Waals surface area contributed by atoms with E-state index >= 15 is 0 Å². The van der Waals surface area contributed by atoms with Crippen molar-refractivity contribution < 1.29 is 9.53 Å². The van der Waals surface area contributed by atoms with Gasteiger partial charge in [0.05, 0.1) is 18.5 Å². The van der Waals surface area contributed by atoms with Crippen molar-refractivity contribution in [2.45, 2.75) is 20.3 Å². The molecule has 0 aromatic carbocycles. The summed E-state index contributed by atoms with van der Waals surface area (Å²) in [6.45, 7) is 4.17. The van der Waals surface area contributed by atoms with Crippen molar-refractivity contribution in [1.82, 2.24) is 4.98 Å². The molecule has 1 amide bonds. The van der Waals surface area contributed by atoms with Gasteiger partial charge < -0.3 is 15.8 Å². The largest absolute Gasteiger partial charge is 0.490 e. The fourth-order valence-corrected chi connectivity index (χ4v) is 1.03. The van der Waals surface area contributed by atoms with Gasteiger partial charge in [-0.1, -0.05) is 6.92 Å². The second-order valence-corrected chi connectivity index (χ2v) is 2.94. The highest BCUT2D eigenvalue weighted by atomic mass is 16.5. The lowest BCUT2D eigenvalue weighted by molar-refractivity contribution is -0.115. The molecule has 1 aromatic rings. The van der Waals surface area contributed by atoms with Gasteiger partial charge in [0.25, 0.3) is 0 Å². The minimum absolute atomic E-state index is 0.0916. The summed E-state index contributed by atoms with van der Waals surface area (Å²) < 4.78 is 5.22. The molecule has 3 N–H and O–H groups in total. The number of amides is 1. The molecule has 0 saturated heterocycles. The minimum Gasteiger partial charge on any atom is -0.490 e. The van der Waals surface area contributed by atoms with Gasteiger partial charge in [-0.05, 0) is 6.92 Å². The number of nitrogens with one attached hydrogen (secondary N) is 1. The molecule has 0 radical (unpaired) electrons. The van der Waals surface area contributed by atoms with Gasteiger partial charge in [0.15, 0.2) is 5.75 Å².